The van der Waals surface area contributed by atoms with Crippen LogP contribution in [0.15, 0.2) is 18.2 Å². The van der Waals surface area contributed by atoms with Gasteiger partial charge in [-0.05, 0) is 47.7 Å². The zero-order chi connectivity index (χ0) is 20.6. The first kappa shape index (κ1) is 22.8. The second kappa shape index (κ2) is 10.8. The number of ketones is 1. The smallest absolute Gasteiger partial charge is 0.305 e. The van der Waals surface area contributed by atoms with Gasteiger partial charge in [-0.25, -0.2) is 4.39 Å². The minimum Gasteiger partial charge on any atom is -0.496 e. The van der Waals surface area contributed by atoms with Crippen LogP contribution in [0.5, 0.6) is 5.75 Å². The Labute approximate surface area is 169 Å². The molecule has 0 fully saturated rings. The van der Waals surface area contributed by atoms with Crippen molar-refractivity contribution >= 4 is 46.2 Å². The van der Waals surface area contributed by atoms with E-state index in [-0.39, 0.29) is 6.42 Å². The van der Waals surface area contributed by atoms with E-state index < -0.39 is 48.7 Å². The number of aliphatic carboxylic acids is 1. The molecule has 0 aromatic heterocycles. The molecule has 0 radical (unpaired) electrons. The van der Waals surface area contributed by atoms with E-state index in [1.54, 1.807) is 12.1 Å². The first-order chi connectivity index (χ1) is 12.7. The maximum Gasteiger partial charge on any atom is 0.305 e. The molecule has 2 amide bonds. The number of amides is 2. The van der Waals surface area contributed by atoms with Crippen molar-refractivity contribution in [2.24, 2.45) is 0 Å². The summed E-state index contributed by atoms with van der Waals surface area (Å²) in [5, 5.41) is 13.4. The summed E-state index contributed by atoms with van der Waals surface area (Å²) < 4.78 is 18.6. The maximum atomic E-state index is 12.5. The van der Waals surface area contributed by atoms with Crippen molar-refractivity contribution in [2.45, 2.75) is 31.8 Å². The third kappa shape index (κ3) is 7.49. The van der Waals surface area contributed by atoms with Crippen molar-refractivity contribution in [1.82, 2.24) is 10.6 Å². The minimum atomic E-state index is -1.49. The van der Waals surface area contributed by atoms with E-state index in [1.165, 1.54) is 14.0 Å². The van der Waals surface area contributed by atoms with Crippen LogP contribution in [0.2, 0.25) is 0 Å². The molecule has 3 N–H and O–H groups in total. The lowest BCUT2D eigenvalue weighted by Gasteiger charge is -2.19. The molecule has 0 aliphatic heterocycles. The number of benzene rings is 1. The summed E-state index contributed by atoms with van der Waals surface area (Å²) in [5.74, 6) is -3.13. The van der Waals surface area contributed by atoms with Crippen LogP contribution in [0.25, 0.3) is 0 Å². The van der Waals surface area contributed by atoms with E-state index >= 15 is 0 Å². The lowest BCUT2D eigenvalue weighted by molar-refractivity contribution is -0.140. The molecule has 0 bridgehead atoms. The second-order valence-electron chi connectivity index (χ2n) is 5.68. The molecule has 2 atom stereocenters. The summed E-state index contributed by atoms with van der Waals surface area (Å²) in [5.41, 5.74) is 0.630. The third-order valence-electron chi connectivity index (χ3n) is 3.58. The molecular weight excluding hydrogens is 472 g/mol. The third-order valence-corrected chi connectivity index (χ3v) is 4.25. The number of nitrogens with one attached hydrogen (secondary N) is 2. The number of rotatable bonds is 10. The van der Waals surface area contributed by atoms with Gasteiger partial charge in [0.25, 0.3) is 0 Å². The maximum absolute atomic E-state index is 12.5. The molecule has 0 saturated carbocycles. The number of halogens is 2. The zero-order valence-electron chi connectivity index (χ0n) is 14.8. The first-order valence-corrected chi connectivity index (χ1v) is 8.98. The number of hydrogen-bond donors (Lipinski definition) is 3. The minimum absolute atomic E-state index is 0.0421. The van der Waals surface area contributed by atoms with Crippen molar-refractivity contribution in [3.05, 3.63) is 27.3 Å². The van der Waals surface area contributed by atoms with Gasteiger partial charge in [0.05, 0.1) is 20.0 Å². The number of Topliss-reactive ketones (excluding diaryl/α,β-unsaturated/α-hetero) is 1. The average Bonchev–Trinajstić information content (AvgIpc) is 2.59. The van der Waals surface area contributed by atoms with E-state index in [9.17, 15) is 23.6 Å². The first-order valence-electron chi connectivity index (χ1n) is 7.90. The number of ether oxygens (including phenoxy) is 1. The Balaban J connectivity index is 2.71. The monoisotopic (exact) mass is 492 g/mol. The van der Waals surface area contributed by atoms with E-state index in [1.807, 2.05) is 6.07 Å². The fraction of sp³-hybridized carbons (Fsp3) is 0.412. The van der Waals surface area contributed by atoms with Crippen LogP contribution in [0.1, 0.15) is 18.9 Å². The zero-order valence-corrected chi connectivity index (χ0v) is 16.9. The van der Waals surface area contributed by atoms with Gasteiger partial charge in [0.2, 0.25) is 11.8 Å². The van der Waals surface area contributed by atoms with Gasteiger partial charge in [-0.1, -0.05) is 0 Å². The molecule has 1 rings (SSSR count). The number of alkyl halides is 1. The Kier molecular flexibility index (Phi) is 9.12. The van der Waals surface area contributed by atoms with Crippen molar-refractivity contribution in [3.63, 3.8) is 0 Å². The molecule has 27 heavy (non-hydrogen) atoms. The Bertz CT molecular complexity index is 727. The normalized spacial score (nSPS) is 12.6. The van der Waals surface area contributed by atoms with Crippen molar-refractivity contribution in [2.75, 3.05) is 13.8 Å². The van der Waals surface area contributed by atoms with Gasteiger partial charge >= 0.3 is 5.97 Å². The lowest BCUT2D eigenvalue weighted by atomic mass is 10.1. The van der Waals surface area contributed by atoms with Gasteiger partial charge in [-0.15, -0.1) is 0 Å². The molecule has 10 heteroatoms. The van der Waals surface area contributed by atoms with E-state index in [0.29, 0.717) is 11.3 Å². The van der Waals surface area contributed by atoms with Crippen LogP contribution in [0.3, 0.4) is 0 Å². The summed E-state index contributed by atoms with van der Waals surface area (Å²) in [6, 6.07) is 2.78. The van der Waals surface area contributed by atoms with Gasteiger partial charge < -0.3 is 20.5 Å². The highest BCUT2D eigenvalue weighted by Gasteiger charge is 2.26. The highest BCUT2D eigenvalue weighted by Crippen LogP contribution is 2.21. The van der Waals surface area contributed by atoms with Crippen molar-refractivity contribution < 1.29 is 33.4 Å². The van der Waals surface area contributed by atoms with Crippen LogP contribution in [0.4, 0.5) is 4.39 Å². The number of carbonyl (C=O) groups is 4. The lowest BCUT2D eigenvalue weighted by Crippen LogP contribution is -2.51. The Morgan fingerprint density at radius 2 is 1.93 bits per heavy atom. The van der Waals surface area contributed by atoms with E-state index in [0.717, 1.165) is 3.57 Å². The van der Waals surface area contributed by atoms with Crippen LogP contribution in [0, 0.1) is 3.57 Å². The SMILES string of the molecule is COc1ccc([125I])cc1CC(=O)N[C@@H](C)C(=O)NC(CC(=O)O)C(=O)CF. The number of hydrogen-bond acceptors (Lipinski definition) is 5. The Morgan fingerprint density at radius 3 is 2.48 bits per heavy atom. The van der Waals surface area contributed by atoms with Gasteiger partial charge in [-0.3, -0.25) is 19.2 Å². The average molecular weight is 492 g/mol. The second-order valence-corrected chi connectivity index (χ2v) is 6.93. The molecule has 0 aliphatic rings. The van der Waals surface area contributed by atoms with Crippen LogP contribution in [-0.2, 0) is 25.6 Å². The van der Waals surface area contributed by atoms with E-state index in [2.05, 4.69) is 33.2 Å². The van der Waals surface area contributed by atoms with Crippen molar-refractivity contribution in [3.8, 4) is 5.75 Å². The Hall–Kier alpha value is -2.24. The highest BCUT2D eigenvalue weighted by molar-refractivity contribution is 14.1. The molecule has 0 heterocycles. The van der Waals surface area contributed by atoms with Crippen molar-refractivity contribution in [1.29, 1.82) is 0 Å². The molecule has 0 saturated heterocycles. The number of carbonyl (C=O) groups excluding carboxylic acids is 3. The molecule has 0 aliphatic carbocycles. The number of carboxylic acid groups (broad SMARTS) is 1. The predicted octanol–water partition coefficient (Wildman–Crippen LogP) is 0.845. The van der Waals surface area contributed by atoms with Crippen LogP contribution >= 0.6 is 22.6 Å². The summed E-state index contributed by atoms with van der Waals surface area (Å²) in [6.45, 7) is -0.0254. The summed E-state index contributed by atoms with van der Waals surface area (Å²) in [7, 11) is 1.48. The highest BCUT2D eigenvalue weighted by atomic mass is 125. The summed E-state index contributed by atoms with van der Waals surface area (Å²) >= 11 is 2.09. The van der Waals surface area contributed by atoms with Gasteiger partial charge in [0.15, 0.2) is 5.78 Å². The topological polar surface area (TPSA) is 122 Å². The van der Waals surface area contributed by atoms with Crippen LogP contribution in [-0.4, -0.2) is 54.5 Å². The predicted molar refractivity (Wildman–Crippen MR) is 102 cm³/mol. The fourth-order valence-electron chi connectivity index (χ4n) is 2.23. The number of methoxy groups -OCH3 is 1. The van der Waals surface area contributed by atoms with Gasteiger partial charge in [-0.2, -0.15) is 0 Å². The molecule has 0 spiro atoms. The summed E-state index contributed by atoms with van der Waals surface area (Å²) in [4.78, 5) is 46.4. The van der Waals surface area contributed by atoms with Crippen LogP contribution < -0.4 is 15.4 Å². The molecule has 148 valence electrons. The molecule has 1 aromatic carbocycles. The standard InChI is InChI=1S/C17H20FIN2O6/c1-9(17(26)21-12(7-16(24)25)13(22)8-18)20-15(23)6-10-5-11(19)3-4-14(10)27-2/h3-5,9,12H,6-8H2,1-2H3,(H,20,23)(H,21,26)(H,24,25)/t9-,12?/m0/s1/i19-2. The molecule has 8 nitrogen and oxygen atoms in total. The fourth-order valence-corrected chi connectivity index (χ4v) is 2.78. The molecule has 1 aromatic rings. The summed E-state index contributed by atoms with van der Waals surface area (Å²) in [6.07, 6.45) is -0.783. The van der Waals surface area contributed by atoms with Gasteiger partial charge in [0.1, 0.15) is 24.5 Å². The number of carboxylic acids is 1. The van der Waals surface area contributed by atoms with E-state index in [4.69, 9.17) is 9.84 Å². The quantitative estimate of drug-likeness (QED) is 0.417. The van der Waals surface area contributed by atoms with Gasteiger partial charge in [0, 0.05) is 9.13 Å². The molecule has 1 unspecified atom stereocenters. The largest absolute Gasteiger partial charge is 0.496 e. The Morgan fingerprint density at radius 1 is 1.26 bits per heavy atom. The molecular formula is C17H20FIN2O6.